The van der Waals surface area contributed by atoms with Crippen LogP contribution in [0.5, 0.6) is 0 Å². The van der Waals surface area contributed by atoms with Crippen molar-refractivity contribution in [2.75, 3.05) is 13.1 Å². The Bertz CT molecular complexity index is 494. The molecule has 1 saturated heterocycles. The Hall–Kier alpha value is -1.13. The number of rotatable bonds is 3. The summed E-state index contributed by atoms with van der Waals surface area (Å²) in [6.07, 6.45) is 1.51. The lowest BCUT2D eigenvalue weighted by molar-refractivity contribution is -0.151. The van der Waals surface area contributed by atoms with Crippen LogP contribution in [0.2, 0.25) is 5.02 Å². The monoisotopic (exact) mass is 285 g/mol. The van der Waals surface area contributed by atoms with Gasteiger partial charge >= 0.3 is 5.97 Å². The zero-order valence-corrected chi connectivity index (χ0v) is 11.6. The van der Waals surface area contributed by atoms with Crippen LogP contribution in [-0.2, 0) is 11.3 Å². The van der Waals surface area contributed by atoms with Crippen LogP contribution in [0.25, 0.3) is 0 Å². The number of hydrogen-bond acceptors (Lipinski definition) is 2. The number of hydrogen-bond donors (Lipinski definition) is 1. The molecule has 104 valence electrons. The Labute approximate surface area is 117 Å². The van der Waals surface area contributed by atoms with Crippen molar-refractivity contribution < 1.29 is 14.3 Å². The first-order valence-corrected chi connectivity index (χ1v) is 6.69. The molecule has 1 N–H and O–H groups in total. The molecule has 0 amide bonds. The van der Waals surface area contributed by atoms with Crippen molar-refractivity contribution in [3.63, 3.8) is 0 Å². The molecule has 5 heteroatoms. The third-order valence-corrected chi connectivity index (χ3v) is 4.14. The van der Waals surface area contributed by atoms with Gasteiger partial charge in [-0.2, -0.15) is 0 Å². The van der Waals surface area contributed by atoms with E-state index >= 15 is 0 Å². The van der Waals surface area contributed by atoms with E-state index in [-0.39, 0.29) is 5.02 Å². The fourth-order valence-electron chi connectivity index (χ4n) is 2.57. The molecule has 3 nitrogen and oxygen atoms in total. The summed E-state index contributed by atoms with van der Waals surface area (Å²) in [5.74, 6) is -1.21. The van der Waals surface area contributed by atoms with Crippen molar-refractivity contribution in [2.24, 2.45) is 5.41 Å². The van der Waals surface area contributed by atoms with Gasteiger partial charge in [0.05, 0.1) is 10.4 Å². The molecule has 1 aliphatic heterocycles. The van der Waals surface area contributed by atoms with Crippen LogP contribution in [0.15, 0.2) is 18.2 Å². The van der Waals surface area contributed by atoms with Gasteiger partial charge in [0.2, 0.25) is 0 Å². The number of carbonyl (C=O) groups is 1. The molecular weight excluding hydrogens is 269 g/mol. The number of aliphatic carboxylic acids is 1. The van der Waals surface area contributed by atoms with Crippen molar-refractivity contribution in [2.45, 2.75) is 26.3 Å². The number of piperidine rings is 1. The smallest absolute Gasteiger partial charge is 0.310 e. The Morgan fingerprint density at radius 1 is 1.58 bits per heavy atom. The van der Waals surface area contributed by atoms with Gasteiger partial charge in [0.25, 0.3) is 0 Å². The van der Waals surface area contributed by atoms with Crippen LogP contribution in [0.3, 0.4) is 0 Å². The predicted molar refractivity (Wildman–Crippen MR) is 71.7 cm³/mol. The molecule has 1 aliphatic rings. The molecule has 0 radical (unpaired) electrons. The summed E-state index contributed by atoms with van der Waals surface area (Å²) in [4.78, 5) is 13.3. The van der Waals surface area contributed by atoms with Crippen molar-refractivity contribution in [1.29, 1.82) is 0 Å². The van der Waals surface area contributed by atoms with E-state index in [1.807, 2.05) is 4.90 Å². The summed E-state index contributed by atoms with van der Waals surface area (Å²) in [6.45, 7) is 3.53. The average Bonchev–Trinajstić information content (AvgIpc) is 2.35. The number of carboxylic acids is 1. The number of benzene rings is 1. The van der Waals surface area contributed by atoms with Gasteiger partial charge in [0, 0.05) is 13.1 Å². The minimum Gasteiger partial charge on any atom is -0.481 e. The lowest BCUT2D eigenvalue weighted by Crippen LogP contribution is -2.45. The van der Waals surface area contributed by atoms with Crippen LogP contribution in [0.4, 0.5) is 4.39 Å². The van der Waals surface area contributed by atoms with Crippen molar-refractivity contribution in [1.82, 2.24) is 4.90 Å². The number of carboxylic acid groups (broad SMARTS) is 1. The number of likely N-dealkylation sites (tertiary alicyclic amines) is 1. The molecule has 0 aromatic heterocycles. The van der Waals surface area contributed by atoms with Gasteiger partial charge in [-0.3, -0.25) is 9.69 Å². The first-order chi connectivity index (χ1) is 8.92. The molecule has 1 atom stereocenters. The lowest BCUT2D eigenvalue weighted by Gasteiger charge is -2.37. The molecule has 0 saturated carbocycles. The second-order valence-corrected chi connectivity index (χ2v) is 5.77. The zero-order valence-electron chi connectivity index (χ0n) is 10.8. The minimum atomic E-state index is -0.775. The first kappa shape index (κ1) is 14.3. The first-order valence-electron chi connectivity index (χ1n) is 6.31. The highest BCUT2D eigenvalue weighted by Crippen LogP contribution is 2.31. The van der Waals surface area contributed by atoms with Crippen molar-refractivity contribution in [3.8, 4) is 0 Å². The summed E-state index contributed by atoms with van der Waals surface area (Å²) < 4.78 is 13.4. The third kappa shape index (κ3) is 3.07. The minimum absolute atomic E-state index is 0.130. The molecule has 1 aromatic carbocycles. The maximum atomic E-state index is 13.4. The van der Waals surface area contributed by atoms with Crippen molar-refractivity contribution >= 4 is 17.6 Å². The van der Waals surface area contributed by atoms with E-state index < -0.39 is 17.2 Å². The Kier molecular flexibility index (Phi) is 4.11. The molecule has 0 bridgehead atoms. The van der Waals surface area contributed by atoms with Gasteiger partial charge in [-0.05, 0) is 37.9 Å². The van der Waals surface area contributed by atoms with E-state index in [0.717, 1.165) is 13.0 Å². The summed E-state index contributed by atoms with van der Waals surface area (Å²) in [5.41, 5.74) is -0.0192. The van der Waals surface area contributed by atoms with Gasteiger partial charge in [0.15, 0.2) is 0 Å². The maximum Gasteiger partial charge on any atom is 0.310 e. The van der Waals surface area contributed by atoms with Gasteiger partial charge in [-0.1, -0.05) is 23.7 Å². The van der Waals surface area contributed by atoms with Crippen LogP contribution in [-0.4, -0.2) is 29.1 Å². The maximum absolute atomic E-state index is 13.4. The van der Waals surface area contributed by atoms with Gasteiger partial charge in [0.1, 0.15) is 5.82 Å². The summed E-state index contributed by atoms with van der Waals surface area (Å²) in [6, 6.07) is 4.72. The zero-order chi connectivity index (χ0) is 14.0. The van der Waals surface area contributed by atoms with E-state index in [4.69, 9.17) is 11.6 Å². The highest BCUT2D eigenvalue weighted by atomic mass is 35.5. The standard InChI is InChI=1S/C14H17ClFNO2/c1-14(13(18)19)6-3-7-17(9-14)8-10-4-2-5-11(16)12(10)15/h2,4-5H,3,6-9H2,1H3,(H,18,19). The van der Waals surface area contributed by atoms with Crippen LogP contribution >= 0.6 is 11.6 Å². The van der Waals surface area contributed by atoms with E-state index in [1.165, 1.54) is 6.07 Å². The molecule has 1 unspecified atom stereocenters. The SMILES string of the molecule is CC1(C(=O)O)CCCN(Cc2cccc(F)c2Cl)C1. The molecule has 0 spiro atoms. The number of halogens is 2. The van der Waals surface area contributed by atoms with E-state index in [1.54, 1.807) is 19.1 Å². The van der Waals surface area contributed by atoms with E-state index in [9.17, 15) is 14.3 Å². The molecule has 2 rings (SSSR count). The van der Waals surface area contributed by atoms with E-state index in [2.05, 4.69) is 0 Å². The highest BCUT2D eigenvalue weighted by molar-refractivity contribution is 6.31. The van der Waals surface area contributed by atoms with Crippen LogP contribution in [0.1, 0.15) is 25.3 Å². The quantitative estimate of drug-likeness (QED) is 0.927. The molecule has 1 aromatic rings. The fourth-order valence-corrected chi connectivity index (χ4v) is 2.75. The summed E-state index contributed by atoms with van der Waals surface area (Å²) >= 11 is 5.93. The lowest BCUT2D eigenvalue weighted by atomic mass is 9.82. The largest absolute Gasteiger partial charge is 0.481 e. The molecule has 1 fully saturated rings. The second kappa shape index (κ2) is 5.47. The van der Waals surface area contributed by atoms with Crippen LogP contribution < -0.4 is 0 Å². The molecule has 1 heterocycles. The molecular formula is C14H17ClFNO2. The van der Waals surface area contributed by atoms with Gasteiger partial charge in [-0.15, -0.1) is 0 Å². The molecule has 0 aliphatic carbocycles. The second-order valence-electron chi connectivity index (χ2n) is 5.39. The predicted octanol–water partition coefficient (Wildman–Crippen LogP) is 3.17. The topological polar surface area (TPSA) is 40.5 Å². The Morgan fingerprint density at radius 2 is 2.32 bits per heavy atom. The van der Waals surface area contributed by atoms with Crippen LogP contribution in [0, 0.1) is 11.2 Å². The summed E-state index contributed by atoms with van der Waals surface area (Å²) in [7, 11) is 0. The summed E-state index contributed by atoms with van der Waals surface area (Å²) in [5, 5.41) is 9.40. The highest BCUT2D eigenvalue weighted by Gasteiger charge is 2.37. The Morgan fingerprint density at radius 3 is 3.00 bits per heavy atom. The van der Waals surface area contributed by atoms with E-state index in [0.29, 0.717) is 25.1 Å². The van der Waals surface area contributed by atoms with Crippen molar-refractivity contribution in [3.05, 3.63) is 34.6 Å². The average molecular weight is 286 g/mol. The Balaban J connectivity index is 2.11. The fraction of sp³-hybridized carbons (Fsp3) is 0.500. The van der Waals surface area contributed by atoms with Gasteiger partial charge < -0.3 is 5.11 Å². The molecule has 19 heavy (non-hydrogen) atoms. The third-order valence-electron chi connectivity index (χ3n) is 3.72. The number of nitrogens with zero attached hydrogens (tertiary/aromatic N) is 1. The van der Waals surface area contributed by atoms with Gasteiger partial charge in [-0.25, -0.2) is 4.39 Å². The normalized spacial score (nSPS) is 24.4.